The molecule has 1 saturated heterocycles. The maximum atomic E-state index is 7.58. The van der Waals surface area contributed by atoms with Crippen LogP contribution in [-0.4, -0.2) is 27.5 Å². The van der Waals surface area contributed by atoms with Gasteiger partial charge in [-0.15, -0.1) is 0 Å². The van der Waals surface area contributed by atoms with Crippen molar-refractivity contribution in [1.29, 1.82) is 5.41 Å². The van der Waals surface area contributed by atoms with Gasteiger partial charge in [-0.3, -0.25) is 5.41 Å². The summed E-state index contributed by atoms with van der Waals surface area (Å²) >= 11 is 2.25. The van der Waals surface area contributed by atoms with Crippen LogP contribution in [-0.2, 0) is 0 Å². The predicted octanol–water partition coefficient (Wildman–Crippen LogP) is 2.37. The zero-order valence-corrected chi connectivity index (χ0v) is 12.9. The van der Waals surface area contributed by atoms with Crippen LogP contribution in [0.1, 0.15) is 24.8 Å². The van der Waals surface area contributed by atoms with Crippen LogP contribution >= 0.6 is 22.6 Å². The van der Waals surface area contributed by atoms with Crippen molar-refractivity contribution in [2.24, 2.45) is 5.73 Å². The maximum Gasteiger partial charge on any atom is 0.249 e. The Morgan fingerprint density at radius 2 is 2.15 bits per heavy atom. The van der Waals surface area contributed by atoms with Gasteiger partial charge in [0, 0.05) is 15.7 Å². The van der Waals surface area contributed by atoms with E-state index in [0.717, 1.165) is 28.5 Å². The van der Waals surface area contributed by atoms with Gasteiger partial charge in [-0.1, -0.05) is 17.3 Å². The summed E-state index contributed by atoms with van der Waals surface area (Å²) in [5.74, 6) is 1.17. The van der Waals surface area contributed by atoms with Gasteiger partial charge in [0.1, 0.15) is 6.04 Å². The summed E-state index contributed by atoms with van der Waals surface area (Å²) in [5, 5.41) is 11.6. The van der Waals surface area contributed by atoms with Crippen LogP contribution in [0.2, 0.25) is 0 Å². The molecule has 6 nitrogen and oxygen atoms in total. The molecule has 1 unspecified atom stereocenters. The van der Waals surface area contributed by atoms with Crippen LogP contribution in [0, 0.1) is 8.98 Å². The fraction of sp³-hybridized carbons (Fsp3) is 0.308. The van der Waals surface area contributed by atoms with Gasteiger partial charge in [0.15, 0.2) is 5.96 Å². The third-order valence-electron chi connectivity index (χ3n) is 3.39. The Bertz CT molecular complexity index is 624. The van der Waals surface area contributed by atoms with Gasteiger partial charge in [-0.25, -0.2) is 0 Å². The molecule has 0 amide bonds. The quantitative estimate of drug-likeness (QED) is 0.472. The number of nitrogens with two attached hydrogens (primary N) is 1. The molecule has 1 fully saturated rings. The van der Waals surface area contributed by atoms with Crippen molar-refractivity contribution in [1.82, 2.24) is 15.0 Å². The lowest BCUT2D eigenvalue weighted by Crippen LogP contribution is -2.35. The minimum absolute atomic E-state index is 0.0570. The van der Waals surface area contributed by atoms with Crippen LogP contribution in [0.25, 0.3) is 11.4 Å². The molecule has 2 aromatic rings. The molecule has 0 aliphatic carbocycles. The lowest BCUT2D eigenvalue weighted by molar-refractivity contribution is 0.283. The Morgan fingerprint density at radius 1 is 1.40 bits per heavy atom. The summed E-state index contributed by atoms with van der Waals surface area (Å²) in [6.07, 6.45) is 1.86. The van der Waals surface area contributed by atoms with Crippen molar-refractivity contribution in [3.05, 3.63) is 33.7 Å². The summed E-state index contributed by atoms with van der Waals surface area (Å²) in [4.78, 5) is 6.25. The Morgan fingerprint density at radius 3 is 2.85 bits per heavy atom. The number of guanidine groups is 1. The summed E-state index contributed by atoms with van der Waals surface area (Å²) < 4.78 is 6.52. The number of hydrogen-bond acceptors (Lipinski definition) is 4. The van der Waals surface area contributed by atoms with E-state index < -0.39 is 0 Å². The second kappa shape index (κ2) is 5.39. The van der Waals surface area contributed by atoms with E-state index in [4.69, 9.17) is 15.7 Å². The number of aromatic nitrogens is 2. The Hall–Kier alpha value is -1.64. The van der Waals surface area contributed by atoms with E-state index in [1.54, 1.807) is 4.90 Å². The van der Waals surface area contributed by atoms with E-state index in [1.165, 1.54) is 0 Å². The highest BCUT2D eigenvalue weighted by Gasteiger charge is 2.31. The predicted molar refractivity (Wildman–Crippen MR) is 83.0 cm³/mol. The van der Waals surface area contributed by atoms with Crippen molar-refractivity contribution in [3.63, 3.8) is 0 Å². The van der Waals surface area contributed by atoms with E-state index in [0.29, 0.717) is 11.7 Å². The average molecular weight is 383 g/mol. The number of hydrogen-bond donors (Lipinski definition) is 2. The average Bonchev–Trinajstić information content (AvgIpc) is 3.08. The molecule has 1 aliphatic heterocycles. The van der Waals surface area contributed by atoms with Gasteiger partial charge in [-0.05, 0) is 47.6 Å². The second-order valence-electron chi connectivity index (χ2n) is 4.70. The van der Waals surface area contributed by atoms with Gasteiger partial charge in [0.25, 0.3) is 0 Å². The fourth-order valence-electron chi connectivity index (χ4n) is 2.40. The number of nitrogens with one attached hydrogen (secondary N) is 1. The molecule has 1 atom stereocenters. The molecule has 1 aromatic heterocycles. The first kappa shape index (κ1) is 13.3. The van der Waals surface area contributed by atoms with Crippen LogP contribution in [0.5, 0.6) is 0 Å². The topological polar surface area (TPSA) is 92.0 Å². The molecule has 2 heterocycles. The van der Waals surface area contributed by atoms with Crippen molar-refractivity contribution in [3.8, 4) is 11.4 Å². The molecule has 3 rings (SSSR count). The minimum atomic E-state index is -0.0717. The lowest BCUT2D eigenvalue weighted by atomic mass is 10.2. The highest BCUT2D eigenvalue weighted by atomic mass is 127. The Balaban J connectivity index is 1.86. The monoisotopic (exact) mass is 383 g/mol. The molecule has 0 spiro atoms. The fourth-order valence-corrected chi connectivity index (χ4v) is 2.76. The number of rotatable bonds is 2. The van der Waals surface area contributed by atoms with E-state index in [2.05, 4.69) is 32.7 Å². The van der Waals surface area contributed by atoms with Crippen LogP contribution < -0.4 is 5.73 Å². The molecule has 1 aliphatic rings. The SMILES string of the molecule is N=C(N)N1CCCC1c1nc(-c2ccc(I)cc2)no1. The van der Waals surface area contributed by atoms with Crippen molar-refractivity contribution < 1.29 is 4.52 Å². The number of nitrogens with zero attached hydrogens (tertiary/aromatic N) is 3. The molecule has 0 saturated carbocycles. The first-order chi connectivity index (χ1) is 9.65. The highest BCUT2D eigenvalue weighted by Crippen LogP contribution is 2.31. The van der Waals surface area contributed by atoms with Gasteiger partial charge < -0.3 is 15.2 Å². The zero-order chi connectivity index (χ0) is 14.1. The smallest absolute Gasteiger partial charge is 0.249 e. The minimum Gasteiger partial charge on any atom is -0.370 e. The van der Waals surface area contributed by atoms with E-state index >= 15 is 0 Å². The van der Waals surface area contributed by atoms with Gasteiger partial charge in [-0.2, -0.15) is 4.98 Å². The van der Waals surface area contributed by atoms with Crippen LogP contribution in [0.15, 0.2) is 28.8 Å². The molecule has 3 N–H and O–H groups in total. The van der Waals surface area contributed by atoms with Crippen molar-refractivity contribution in [2.75, 3.05) is 6.54 Å². The van der Waals surface area contributed by atoms with Crippen LogP contribution in [0.3, 0.4) is 0 Å². The molecule has 20 heavy (non-hydrogen) atoms. The van der Waals surface area contributed by atoms with E-state index in [9.17, 15) is 0 Å². The molecular formula is C13H14IN5O. The summed E-state index contributed by atoms with van der Waals surface area (Å²) in [6.45, 7) is 0.765. The zero-order valence-electron chi connectivity index (χ0n) is 10.7. The largest absolute Gasteiger partial charge is 0.370 e. The summed E-state index contributed by atoms with van der Waals surface area (Å²) in [5.41, 5.74) is 6.50. The number of benzene rings is 1. The van der Waals surface area contributed by atoms with Gasteiger partial charge >= 0.3 is 0 Å². The van der Waals surface area contributed by atoms with Crippen LogP contribution in [0.4, 0.5) is 0 Å². The first-order valence-electron chi connectivity index (χ1n) is 6.35. The molecule has 1 aromatic carbocycles. The maximum absolute atomic E-state index is 7.58. The lowest BCUT2D eigenvalue weighted by Gasteiger charge is -2.21. The number of likely N-dealkylation sites (tertiary alicyclic amines) is 1. The Kier molecular flexibility index (Phi) is 3.60. The third kappa shape index (κ3) is 2.49. The number of halogens is 1. The molecule has 0 bridgehead atoms. The molecule has 0 radical (unpaired) electrons. The standard InChI is InChI=1S/C13H14IN5O/c14-9-5-3-8(4-6-9)11-17-12(20-18-11)10-2-1-7-19(10)13(15)16/h3-6,10H,1-2,7H2,(H3,15,16). The second-order valence-corrected chi connectivity index (χ2v) is 5.95. The van der Waals surface area contributed by atoms with E-state index in [-0.39, 0.29) is 12.0 Å². The summed E-state index contributed by atoms with van der Waals surface area (Å²) in [7, 11) is 0. The molecule has 7 heteroatoms. The third-order valence-corrected chi connectivity index (χ3v) is 4.11. The molecule has 104 valence electrons. The molecular weight excluding hydrogens is 369 g/mol. The van der Waals surface area contributed by atoms with E-state index in [1.807, 2.05) is 24.3 Å². The van der Waals surface area contributed by atoms with Gasteiger partial charge in [0.05, 0.1) is 0 Å². The van der Waals surface area contributed by atoms with Crippen molar-refractivity contribution >= 4 is 28.6 Å². The Labute approximate surface area is 130 Å². The summed E-state index contributed by atoms with van der Waals surface area (Å²) in [6, 6.07) is 7.87. The highest BCUT2D eigenvalue weighted by molar-refractivity contribution is 14.1. The van der Waals surface area contributed by atoms with Crippen molar-refractivity contribution in [2.45, 2.75) is 18.9 Å². The van der Waals surface area contributed by atoms with Gasteiger partial charge in [0.2, 0.25) is 11.7 Å². The normalized spacial score (nSPS) is 18.4. The first-order valence-corrected chi connectivity index (χ1v) is 7.43.